The van der Waals surface area contributed by atoms with Gasteiger partial charge in [-0.3, -0.25) is 9.69 Å². The van der Waals surface area contributed by atoms with Crippen LogP contribution in [0.5, 0.6) is 5.75 Å². The molecule has 4 rings (SSSR count). The number of para-hydroxylation sites is 1. The average Bonchev–Trinajstić information content (AvgIpc) is 3.41. The summed E-state index contributed by atoms with van der Waals surface area (Å²) in [7, 11) is 0. The van der Waals surface area contributed by atoms with Crippen LogP contribution in [0.3, 0.4) is 0 Å². The summed E-state index contributed by atoms with van der Waals surface area (Å²) in [6.07, 6.45) is 3.73. The van der Waals surface area contributed by atoms with Crippen LogP contribution in [-0.2, 0) is 0 Å². The van der Waals surface area contributed by atoms with Crippen LogP contribution < -0.4 is 10.1 Å². The molecule has 2 saturated heterocycles. The van der Waals surface area contributed by atoms with Gasteiger partial charge in [-0.2, -0.15) is 5.10 Å². The Morgan fingerprint density at radius 3 is 2.69 bits per heavy atom. The van der Waals surface area contributed by atoms with E-state index in [0.29, 0.717) is 24.1 Å². The fourth-order valence-corrected chi connectivity index (χ4v) is 3.96. The SMILES string of the molecule is CCCOc1cn(-c2ccccc2)nc1C(=O)N1CCC(N2CCNCC2)C1.Cl. The molecule has 1 aromatic heterocycles. The number of ether oxygens (including phenoxy) is 1. The number of aromatic nitrogens is 2. The predicted octanol–water partition coefficient (Wildman–Crippen LogP) is 2.20. The molecule has 1 amide bonds. The van der Waals surface area contributed by atoms with Crippen LogP contribution in [0.4, 0.5) is 0 Å². The molecule has 2 aromatic rings. The molecule has 7 nitrogen and oxygen atoms in total. The number of piperazine rings is 1. The molecule has 0 radical (unpaired) electrons. The number of halogens is 1. The van der Waals surface area contributed by atoms with E-state index in [-0.39, 0.29) is 18.3 Å². The van der Waals surface area contributed by atoms with Crippen molar-refractivity contribution in [1.82, 2.24) is 24.9 Å². The average molecular weight is 420 g/mol. The molecule has 158 valence electrons. The summed E-state index contributed by atoms with van der Waals surface area (Å²) in [5.41, 5.74) is 1.33. The Labute approximate surface area is 178 Å². The maximum absolute atomic E-state index is 13.2. The van der Waals surface area contributed by atoms with E-state index < -0.39 is 0 Å². The van der Waals surface area contributed by atoms with Crippen LogP contribution >= 0.6 is 12.4 Å². The Hall–Kier alpha value is -2.09. The highest BCUT2D eigenvalue weighted by Crippen LogP contribution is 2.25. The standard InChI is InChI=1S/C21H29N5O2.ClH/c1-2-14-28-19-16-26(17-6-4-3-5-7-17)23-20(19)21(27)25-11-8-18(15-25)24-12-9-22-10-13-24;/h3-7,16,18,22H,2,8-15H2,1H3;1H. The molecule has 0 saturated carbocycles. The van der Waals surface area contributed by atoms with E-state index in [1.807, 2.05) is 41.4 Å². The third-order valence-corrected chi connectivity index (χ3v) is 5.48. The zero-order valence-electron chi connectivity index (χ0n) is 16.9. The van der Waals surface area contributed by atoms with Gasteiger partial charge in [0.2, 0.25) is 0 Å². The summed E-state index contributed by atoms with van der Waals surface area (Å²) < 4.78 is 7.60. The number of hydrogen-bond acceptors (Lipinski definition) is 5. The van der Waals surface area contributed by atoms with Crippen LogP contribution in [0.25, 0.3) is 5.69 Å². The molecule has 2 fully saturated rings. The van der Waals surface area contributed by atoms with E-state index >= 15 is 0 Å². The normalized spacial score (nSPS) is 19.8. The lowest BCUT2D eigenvalue weighted by Crippen LogP contribution is -2.49. The van der Waals surface area contributed by atoms with Crippen molar-refractivity contribution >= 4 is 18.3 Å². The highest BCUT2D eigenvalue weighted by molar-refractivity contribution is 5.95. The van der Waals surface area contributed by atoms with Gasteiger partial charge in [-0.05, 0) is 25.0 Å². The molecule has 8 heteroatoms. The van der Waals surface area contributed by atoms with Gasteiger partial charge in [0.1, 0.15) is 0 Å². The molecule has 0 bridgehead atoms. The second-order valence-electron chi connectivity index (χ2n) is 7.45. The van der Waals surface area contributed by atoms with Crippen molar-refractivity contribution in [2.45, 2.75) is 25.8 Å². The minimum Gasteiger partial charge on any atom is -0.489 e. The Bertz CT molecular complexity index is 792. The lowest BCUT2D eigenvalue weighted by Gasteiger charge is -2.32. The Morgan fingerprint density at radius 1 is 1.21 bits per heavy atom. The van der Waals surface area contributed by atoms with E-state index in [1.165, 1.54) is 0 Å². The van der Waals surface area contributed by atoms with E-state index in [2.05, 4.69) is 22.2 Å². The molecule has 2 aliphatic heterocycles. The van der Waals surface area contributed by atoms with E-state index in [1.54, 1.807) is 4.68 Å². The minimum atomic E-state index is -0.0292. The predicted molar refractivity (Wildman–Crippen MR) is 115 cm³/mol. The van der Waals surface area contributed by atoms with Crippen molar-refractivity contribution in [1.29, 1.82) is 0 Å². The zero-order chi connectivity index (χ0) is 19.3. The Balaban J connectivity index is 0.00000240. The molecule has 0 aliphatic carbocycles. The van der Waals surface area contributed by atoms with Crippen molar-refractivity contribution in [3.63, 3.8) is 0 Å². The third kappa shape index (κ3) is 4.91. The molecular formula is C21H30ClN5O2. The van der Waals surface area contributed by atoms with Gasteiger partial charge in [0.25, 0.3) is 5.91 Å². The molecular weight excluding hydrogens is 390 g/mol. The first kappa shape index (κ1) is 21.6. The number of amides is 1. The van der Waals surface area contributed by atoms with Gasteiger partial charge in [0, 0.05) is 45.3 Å². The van der Waals surface area contributed by atoms with Crippen molar-refractivity contribution in [2.75, 3.05) is 45.9 Å². The van der Waals surface area contributed by atoms with E-state index in [0.717, 1.165) is 57.8 Å². The Kier molecular flexibility index (Phi) is 7.52. The highest BCUT2D eigenvalue weighted by atomic mass is 35.5. The number of hydrogen-bond donors (Lipinski definition) is 1. The van der Waals surface area contributed by atoms with Crippen molar-refractivity contribution < 1.29 is 9.53 Å². The molecule has 1 unspecified atom stereocenters. The lowest BCUT2D eigenvalue weighted by molar-refractivity contribution is 0.0763. The number of likely N-dealkylation sites (tertiary alicyclic amines) is 1. The van der Waals surface area contributed by atoms with Gasteiger partial charge in [-0.25, -0.2) is 4.68 Å². The summed E-state index contributed by atoms with van der Waals surface area (Å²) >= 11 is 0. The second-order valence-corrected chi connectivity index (χ2v) is 7.45. The number of carbonyl (C=O) groups excluding carboxylic acids is 1. The number of carbonyl (C=O) groups is 1. The number of rotatable bonds is 6. The molecule has 29 heavy (non-hydrogen) atoms. The first-order chi connectivity index (χ1) is 13.8. The van der Waals surface area contributed by atoms with Crippen molar-refractivity contribution in [2.24, 2.45) is 0 Å². The monoisotopic (exact) mass is 419 g/mol. The third-order valence-electron chi connectivity index (χ3n) is 5.48. The molecule has 2 aliphatic rings. The minimum absolute atomic E-state index is 0. The van der Waals surface area contributed by atoms with Crippen LogP contribution in [0.15, 0.2) is 36.5 Å². The summed E-state index contributed by atoms with van der Waals surface area (Å²) in [6, 6.07) is 10.3. The van der Waals surface area contributed by atoms with Crippen LogP contribution in [0, 0.1) is 0 Å². The summed E-state index contributed by atoms with van der Waals surface area (Å²) in [6.45, 7) is 8.34. The van der Waals surface area contributed by atoms with Crippen LogP contribution in [-0.4, -0.2) is 77.4 Å². The maximum Gasteiger partial charge on any atom is 0.278 e. The number of nitrogens with one attached hydrogen (secondary N) is 1. The van der Waals surface area contributed by atoms with Crippen LogP contribution in [0.1, 0.15) is 30.3 Å². The lowest BCUT2D eigenvalue weighted by atomic mass is 10.2. The van der Waals surface area contributed by atoms with Gasteiger partial charge < -0.3 is 15.0 Å². The number of nitrogens with zero attached hydrogens (tertiary/aromatic N) is 4. The summed E-state index contributed by atoms with van der Waals surface area (Å²) in [4.78, 5) is 17.7. The first-order valence-corrected chi connectivity index (χ1v) is 10.3. The largest absolute Gasteiger partial charge is 0.489 e. The number of benzene rings is 1. The smallest absolute Gasteiger partial charge is 0.278 e. The van der Waals surface area contributed by atoms with Crippen LogP contribution in [0.2, 0.25) is 0 Å². The molecule has 0 spiro atoms. The van der Waals surface area contributed by atoms with Gasteiger partial charge in [0.05, 0.1) is 18.5 Å². The quantitative estimate of drug-likeness (QED) is 0.777. The fraction of sp³-hybridized carbons (Fsp3) is 0.524. The van der Waals surface area contributed by atoms with E-state index in [9.17, 15) is 4.79 Å². The van der Waals surface area contributed by atoms with Gasteiger partial charge in [-0.1, -0.05) is 25.1 Å². The van der Waals surface area contributed by atoms with Gasteiger partial charge >= 0.3 is 0 Å². The second kappa shape index (κ2) is 10.1. The molecule has 3 heterocycles. The maximum atomic E-state index is 13.2. The molecule has 1 aromatic carbocycles. The van der Waals surface area contributed by atoms with E-state index in [4.69, 9.17) is 4.74 Å². The summed E-state index contributed by atoms with van der Waals surface area (Å²) in [5.74, 6) is 0.541. The zero-order valence-corrected chi connectivity index (χ0v) is 17.7. The van der Waals surface area contributed by atoms with Gasteiger partial charge in [-0.15, -0.1) is 12.4 Å². The Morgan fingerprint density at radius 2 is 1.97 bits per heavy atom. The highest BCUT2D eigenvalue weighted by Gasteiger charge is 2.33. The summed E-state index contributed by atoms with van der Waals surface area (Å²) in [5, 5.41) is 7.98. The molecule has 1 N–H and O–H groups in total. The fourth-order valence-electron chi connectivity index (χ4n) is 3.96. The first-order valence-electron chi connectivity index (χ1n) is 10.3. The topological polar surface area (TPSA) is 62.6 Å². The van der Waals surface area contributed by atoms with Crippen molar-refractivity contribution in [3.05, 3.63) is 42.2 Å². The van der Waals surface area contributed by atoms with Crippen molar-refractivity contribution in [3.8, 4) is 11.4 Å². The van der Waals surface area contributed by atoms with Gasteiger partial charge in [0.15, 0.2) is 11.4 Å². The molecule has 1 atom stereocenters.